The summed E-state index contributed by atoms with van der Waals surface area (Å²) >= 11 is 0. The first-order chi connectivity index (χ1) is 11.2. The Labute approximate surface area is 138 Å². The fourth-order valence-corrected chi connectivity index (χ4v) is 3.78. The van der Waals surface area contributed by atoms with Gasteiger partial charge in [0.2, 0.25) is 5.91 Å². The van der Waals surface area contributed by atoms with Crippen LogP contribution in [0, 0.1) is 0 Å². The van der Waals surface area contributed by atoms with E-state index in [4.69, 9.17) is 0 Å². The van der Waals surface area contributed by atoms with Gasteiger partial charge in [-0.25, -0.2) is 9.97 Å². The number of hydrogen-bond acceptors (Lipinski definition) is 5. The van der Waals surface area contributed by atoms with E-state index in [1.807, 2.05) is 18.0 Å². The number of carbonyl (C=O) groups excluding carboxylic acids is 1. The minimum Gasteiger partial charge on any atom is -0.356 e. The highest BCUT2D eigenvalue weighted by Gasteiger charge is 2.33. The molecule has 3 rings (SSSR count). The molecule has 0 aliphatic carbocycles. The summed E-state index contributed by atoms with van der Waals surface area (Å²) in [5, 5.41) is 0. The van der Waals surface area contributed by atoms with Gasteiger partial charge in [0.05, 0.1) is 6.04 Å². The molecule has 1 aromatic heterocycles. The molecule has 0 spiro atoms. The van der Waals surface area contributed by atoms with Crippen molar-refractivity contribution < 1.29 is 4.79 Å². The number of likely N-dealkylation sites (tertiary alicyclic amines) is 2. The van der Waals surface area contributed by atoms with Crippen molar-refractivity contribution in [1.82, 2.24) is 19.8 Å². The smallest absolute Gasteiger partial charge is 0.239 e. The predicted molar refractivity (Wildman–Crippen MR) is 90.3 cm³/mol. The van der Waals surface area contributed by atoms with Crippen molar-refractivity contribution in [3.8, 4) is 0 Å². The van der Waals surface area contributed by atoms with Gasteiger partial charge in [0.1, 0.15) is 12.1 Å². The Morgan fingerprint density at radius 1 is 1.17 bits per heavy atom. The molecule has 2 saturated heterocycles. The maximum atomic E-state index is 12.5. The molecule has 0 bridgehead atoms. The second kappa shape index (κ2) is 7.25. The summed E-state index contributed by atoms with van der Waals surface area (Å²) in [7, 11) is 4.05. The molecule has 3 heterocycles. The monoisotopic (exact) mass is 317 g/mol. The third kappa shape index (κ3) is 3.63. The number of aromatic nitrogens is 2. The van der Waals surface area contributed by atoms with Crippen LogP contribution in [-0.4, -0.2) is 71.5 Å². The van der Waals surface area contributed by atoms with Crippen LogP contribution in [0.1, 0.15) is 32.1 Å². The lowest BCUT2D eigenvalue weighted by Gasteiger charge is -2.40. The molecule has 0 N–H and O–H groups in total. The maximum Gasteiger partial charge on any atom is 0.239 e. The Bertz CT molecular complexity index is 515. The van der Waals surface area contributed by atoms with Crippen LogP contribution in [0.15, 0.2) is 18.6 Å². The molecule has 1 atom stereocenters. The van der Waals surface area contributed by atoms with Gasteiger partial charge in [-0.05, 0) is 38.2 Å². The van der Waals surface area contributed by atoms with Gasteiger partial charge >= 0.3 is 0 Å². The molecule has 2 aliphatic rings. The van der Waals surface area contributed by atoms with E-state index in [9.17, 15) is 4.79 Å². The molecule has 0 aromatic carbocycles. The van der Waals surface area contributed by atoms with Crippen LogP contribution in [0.25, 0.3) is 0 Å². The van der Waals surface area contributed by atoms with Gasteiger partial charge in [0, 0.05) is 46.0 Å². The average molecular weight is 317 g/mol. The van der Waals surface area contributed by atoms with Gasteiger partial charge in [-0.15, -0.1) is 0 Å². The van der Waals surface area contributed by atoms with Gasteiger partial charge in [0.15, 0.2) is 0 Å². The van der Waals surface area contributed by atoms with Crippen molar-refractivity contribution in [2.24, 2.45) is 0 Å². The van der Waals surface area contributed by atoms with Gasteiger partial charge < -0.3 is 9.80 Å². The summed E-state index contributed by atoms with van der Waals surface area (Å²) < 4.78 is 0. The molecule has 2 fully saturated rings. The zero-order valence-electron chi connectivity index (χ0n) is 14.2. The molecule has 1 unspecified atom stereocenters. The number of amides is 1. The zero-order chi connectivity index (χ0) is 16.2. The first-order valence-electron chi connectivity index (χ1n) is 8.64. The SMILES string of the molecule is CN1CCCCC(N2CCC(N(C)c3ccncn3)CC2)C1=O. The van der Waals surface area contributed by atoms with Crippen molar-refractivity contribution in [3.05, 3.63) is 18.6 Å². The number of piperidine rings is 1. The van der Waals surface area contributed by atoms with E-state index in [1.54, 1.807) is 12.5 Å². The molecule has 1 amide bonds. The standard InChI is InChI=1S/C17H27N5O/c1-20-10-4-3-5-15(17(20)23)22-11-7-14(8-12-22)21(2)16-6-9-18-13-19-16/h6,9,13-15H,3-5,7-8,10-12H2,1-2H3. The van der Waals surface area contributed by atoms with Gasteiger partial charge in [-0.1, -0.05) is 0 Å². The molecule has 0 radical (unpaired) electrons. The molecular formula is C17H27N5O. The van der Waals surface area contributed by atoms with Crippen LogP contribution in [0.5, 0.6) is 0 Å². The number of nitrogens with zero attached hydrogens (tertiary/aromatic N) is 5. The summed E-state index contributed by atoms with van der Waals surface area (Å²) in [6, 6.07) is 2.53. The lowest BCUT2D eigenvalue weighted by atomic mass is 9.99. The van der Waals surface area contributed by atoms with E-state index < -0.39 is 0 Å². The van der Waals surface area contributed by atoms with Crippen molar-refractivity contribution in [2.75, 3.05) is 38.6 Å². The van der Waals surface area contributed by atoms with E-state index in [1.165, 1.54) is 0 Å². The summed E-state index contributed by atoms with van der Waals surface area (Å²) in [6.45, 7) is 2.89. The lowest BCUT2D eigenvalue weighted by molar-refractivity contribution is -0.135. The molecule has 6 heteroatoms. The third-order valence-electron chi connectivity index (χ3n) is 5.30. The minimum absolute atomic E-state index is 0.0906. The minimum atomic E-state index is 0.0906. The van der Waals surface area contributed by atoms with Crippen LogP contribution < -0.4 is 4.90 Å². The van der Waals surface area contributed by atoms with Crippen LogP contribution in [0.4, 0.5) is 5.82 Å². The second-order valence-corrected chi connectivity index (χ2v) is 6.72. The Morgan fingerprint density at radius 2 is 1.96 bits per heavy atom. The topological polar surface area (TPSA) is 52.6 Å². The molecule has 6 nitrogen and oxygen atoms in total. The largest absolute Gasteiger partial charge is 0.356 e. The Balaban J connectivity index is 1.58. The van der Waals surface area contributed by atoms with Crippen molar-refractivity contribution in [1.29, 1.82) is 0 Å². The number of carbonyl (C=O) groups is 1. The normalized spacial score (nSPS) is 24.5. The summed E-state index contributed by atoms with van der Waals surface area (Å²) in [5.74, 6) is 1.29. The molecule has 2 aliphatic heterocycles. The molecule has 0 saturated carbocycles. The highest BCUT2D eigenvalue weighted by Crippen LogP contribution is 2.24. The second-order valence-electron chi connectivity index (χ2n) is 6.72. The molecule has 1 aromatic rings. The first kappa shape index (κ1) is 16.2. The van der Waals surface area contributed by atoms with E-state index in [-0.39, 0.29) is 6.04 Å². The number of anilines is 1. The summed E-state index contributed by atoms with van der Waals surface area (Å²) in [5.41, 5.74) is 0. The van der Waals surface area contributed by atoms with Gasteiger partial charge in [-0.2, -0.15) is 0 Å². The third-order valence-corrected chi connectivity index (χ3v) is 5.30. The van der Waals surface area contributed by atoms with Crippen molar-refractivity contribution in [3.63, 3.8) is 0 Å². The number of likely N-dealkylation sites (N-methyl/N-ethyl adjacent to an activating group) is 1. The van der Waals surface area contributed by atoms with Gasteiger partial charge in [-0.3, -0.25) is 9.69 Å². The molecule has 23 heavy (non-hydrogen) atoms. The van der Waals surface area contributed by atoms with Crippen LogP contribution >= 0.6 is 0 Å². The highest BCUT2D eigenvalue weighted by molar-refractivity contribution is 5.81. The van der Waals surface area contributed by atoms with Gasteiger partial charge in [0.25, 0.3) is 0 Å². The summed E-state index contributed by atoms with van der Waals surface area (Å²) in [6.07, 6.45) is 8.83. The fraction of sp³-hybridized carbons (Fsp3) is 0.706. The Kier molecular flexibility index (Phi) is 5.10. The predicted octanol–water partition coefficient (Wildman–Crippen LogP) is 1.39. The Morgan fingerprint density at radius 3 is 2.65 bits per heavy atom. The summed E-state index contributed by atoms with van der Waals surface area (Å²) in [4.78, 5) is 27.4. The van der Waals surface area contributed by atoms with Crippen LogP contribution in [0.3, 0.4) is 0 Å². The lowest BCUT2D eigenvalue weighted by Crippen LogP contribution is -2.52. The average Bonchev–Trinajstić information content (AvgIpc) is 2.77. The van der Waals surface area contributed by atoms with E-state index in [0.717, 1.165) is 57.6 Å². The van der Waals surface area contributed by atoms with E-state index >= 15 is 0 Å². The van der Waals surface area contributed by atoms with Crippen LogP contribution in [0.2, 0.25) is 0 Å². The number of hydrogen-bond donors (Lipinski definition) is 0. The van der Waals surface area contributed by atoms with E-state index in [0.29, 0.717) is 11.9 Å². The zero-order valence-corrected chi connectivity index (χ0v) is 14.2. The highest BCUT2D eigenvalue weighted by atomic mass is 16.2. The molecule has 126 valence electrons. The first-order valence-corrected chi connectivity index (χ1v) is 8.64. The quantitative estimate of drug-likeness (QED) is 0.843. The maximum absolute atomic E-state index is 12.5. The number of rotatable bonds is 3. The fourth-order valence-electron chi connectivity index (χ4n) is 3.78. The van der Waals surface area contributed by atoms with Crippen molar-refractivity contribution >= 4 is 11.7 Å². The van der Waals surface area contributed by atoms with Crippen LogP contribution in [-0.2, 0) is 4.79 Å². The van der Waals surface area contributed by atoms with Crippen molar-refractivity contribution in [2.45, 2.75) is 44.2 Å². The van der Waals surface area contributed by atoms with E-state index in [2.05, 4.69) is 26.8 Å². The Hall–Kier alpha value is -1.69. The molecular weight excluding hydrogens is 290 g/mol.